The number of pyridine rings is 1. The molecule has 0 aromatic carbocycles. The van der Waals surface area contributed by atoms with Crippen LogP contribution in [0.5, 0.6) is 0 Å². The highest BCUT2D eigenvalue weighted by molar-refractivity contribution is 7.89. The number of halogens is 2. The fourth-order valence-corrected chi connectivity index (χ4v) is 7.97. The van der Waals surface area contributed by atoms with E-state index in [1.807, 2.05) is 4.90 Å². The van der Waals surface area contributed by atoms with Crippen LogP contribution in [0.1, 0.15) is 45.1 Å². The van der Waals surface area contributed by atoms with E-state index in [2.05, 4.69) is 18.8 Å². The summed E-state index contributed by atoms with van der Waals surface area (Å²) in [5.41, 5.74) is -0.875. The van der Waals surface area contributed by atoms with Gasteiger partial charge in [0.1, 0.15) is 5.82 Å². The molecule has 162 valence electrons. The van der Waals surface area contributed by atoms with Crippen molar-refractivity contribution in [3.8, 4) is 0 Å². The number of sulfonamides is 1. The van der Waals surface area contributed by atoms with Crippen LogP contribution >= 0.6 is 0 Å². The number of rotatable bonds is 5. The minimum atomic E-state index is -3.51. The summed E-state index contributed by atoms with van der Waals surface area (Å²) in [6.07, 6.45) is 0.478. The number of hydrogen-bond donors (Lipinski definition) is 1. The van der Waals surface area contributed by atoms with Gasteiger partial charge in [-0.2, -0.15) is 4.31 Å². The number of nitrogens with zero attached hydrogens (tertiary/aromatic N) is 3. The average Bonchev–Trinajstić information content (AvgIpc) is 3.02. The SMILES string of the molecule is CC1(C)[C@@H]2CC[C@]1(CS(=O)(=O)N1CCN(c3ccc(C(F)F)cn3)CC1)C(O)C2. The number of piperazine rings is 1. The van der Waals surface area contributed by atoms with Gasteiger partial charge in [0.2, 0.25) is 10.0 Å². The van der Waals surface area contributed by atoms with Crippen molar-refractivity contribution < 1.29 is 22.3 Å². The second-order valence-electron chi connectivity index (χ2n) is 9.26. The first kappa shape index (κ1) is 20.9. The summed E-state index contributed by atoms with van der Waals surface area (Å²) in [5.74, 6) is 0.953. The molecule has 1 unspecified atom stereocenters. The third-order valence-corrected chi connectivity index (χ3v) is 9.84. The molecular weight excluding hydrogens is 400 g/mol. The van der Waals surface area contributed by atoms with Crippen molar-refractivity contribution in [3.05, 3.63) is 23.9 Å². The summed E-state index contributed by atoms with van der Waals surface area (Å²) in [6.45, 7) is 5.78. The first-order chi connectivity index (χ1) is 13.6. The van der Waals surface area contributed by atoms with Crippen molar-refractivity contribution in [2.75, 3.05) is 36.8 Å². The van der Waals surface area contributed by atoms with Crippen LogP contribution < -0.4 is 4.90 Å². The number of aliphatic hydroxyl groups excluding tert-OH is 1. The van der Waals surface area contributed by atoms with Crippen molar-refractivity contribution in [1.29, 1.82) is 0 Å². The number of aliphatic hydroxyl groups is 1. The van der Waals surface area contributed by atoms with Crippen LogP contribution in [0.25, 0.3) is 0 Å². The van der Waals surface area contributed by atoms with Crippen molar-refractivity contribution in [3.63, 3.8) is 0 Å². The first-order valence-electron chi connectivity index (χ1n) is 10.2. The molecular formula is C20H29F2N3O3S. The molecule has 2 saturated carbocycles. The minimum Gasteiger partial charge on any atom is -0.392 e. The van der Waals surface area contributed by atoms with Crippen LogP contribution in [-0.2, 0) is 10.0 Å². The predicted octanol–water partition coefficient (Wildman–Crippen LogP) is 2.66. The lowest BCUT2D eigenvalue weighted by Crippen LogP contribution is -2.53. The van der Waals surface area contributed by atoms with Gasteiger partial charge < -0.3 is 10.0 Å². The van der Waals surface area contributed by atoms with E-state index in [9.17, 15) is 22.3 Å². The predicted molar refractivity (Wildman–Crippen MR) is 106 cm³/mol. The zero-order chi connectivity index (χ0) is 21.0. The van der Waals surface area contributed by atoms with E-state index in [4.69, 9.17) is 0 Å². The summed E-state index contributed by atoms with van der Waals surface area (Å²) < 4.78 is 53.3. The summed E-state index contributed by atoms with van der Waals surface area (Å²) in [6, 6.07) is 2.91. The molecule has 6 nitrogen and oxygen atoms in total. The summed E-state index contributed by atoms with van der Waals surface area (Å²) >= 11 is 0. The Morgan fingerprint density at radius 3 is 2.41 bits per heavy atom. The molecule has 1 aromatic rings. The zero-order valence-electron chi connectivity index (χ0n) is 16.9. The van der Waals surface area contributed by atoms with Gasteiger partial charge in [-0.3, -0.25) is 0 Å². The molecule has 9 heteroatoms. The van der Waals surface area contributed by atoms with Crippen LogP contribution in [-0.4, -0.2) is 60.8 Å². The molecule has 2 heterocycles. The van der Waals surface area contributed by atoms with Gasteiger partial charge in [0.15, 0.2) is 0 Å². The Bertz CT molecular complexity index is 854. The Kier molecular flexibility index (Phi) is 5.15. The lowest BCUT2D eigenvalue weighted by Gasteiger charge is -2.42. The second-order valence-corrected chi connectivity index (χ2v) is 11.2. The van der Waals surface area contributed by atoms with Gasteiger partial charge in [0.25, 0.3) is 6.43 Å². The molecule has 3 aliphatic rings. The summed E-state index contributed by atoms with van der Waals surface area (Å²) in [5, 5.41) is 10.7. The maximum absolute atomic E-state index is 13.2. The molecule has 4 rings (SSSR count). The topological polar surface area (TPSA) is 73.7 Å². The molecule has 2 aliphatic carbocycles. The van der Waals surface area contributed by atoms with Gasteiger partial charge in [0.05, 0.1) is 11.9 Å². The van der Waals surface area contributed by atoms with Crippen LogP contribution in [0.3, 0.4) is 0 Å². The van der Waals surface area contributed by atoms with Crippen LogP contribution in [0.15, 0.2) is 18.3 Å². The van der Waals surface area contributed by atoms with Gasteiger partial charge in [-0.1, -0.05) is 13.8 Å². The largest absolute Gasteiger partial charge is 0.392 e. The lowest BCUT2D eigenvalue weighted by atomic mass is 9.70. The molecule has 1 aliphatic heterocycles. The average molecular weight is 430 g/mol. The van der Waals surface area contributed by atoms with Gasteiger partial charge in [0, 0.05) is 43.4 Å². The molecule has 0 amide bonds. The maximum Gasteiger partial charge on any atom is 0.265 e. The summed E-state index contributed by atoms with van der Waals surface area (Å²) in [4.78, 5) is 6.01. The van der Waals surface area contributed by atoms with Gasteiger partial charge in [-0.05, 0) is 42.7 Å². The molecule has 3 fully saturated rings. The number of anilines is 1. The van der Waals surface area contributed by atoms with E-state index in [1.54, 1.807) is 6.07 Å². The van der Waals surface area contributed by atoms with Crippen molar-refractivity contribution in [1.82, 2.24) is 9.29 Å². The monoisotopic (exact) mass is 429 g/mol. The van der Waals surface area contributed by atoms with Crippen molar-refractivity contribution in [2.24, 2.45) is 16.7 Å². The summed E-state index contributed by atoms with van der Waals surface area (Å²) in [7, 11) is -3.51. The van der Waals surface area contributed by atoms with E-state index >= 15 is 0 Å². The fourth-order valence-electron chi connectivity index (χ4n) is 5.71. The molecule has 1 aromatic heterocycles. The second kappa shape index (κ2) is 7.13. The van der Waals surface area contributed by atoms with E-state index in [0.717, 1.165) is 12.8 Å². The smallest absolute Gasteiger partial charge is 0.265 e. The molecule has 0 spiro atoms. The Morgan fingerprint density at radius 2 is 1.93 bits per heavy atom. The van der Waals surface area contributed by atoms with E-state index in [-0.39, 0.29) is 16.7 Å². The number of aromatic nitrogens is 1. The Balaban J connectivity index is 1.43. The highest BCUT2D eigenvalue weighted by Gasteiger charge is 2.65. The number of alkyl halides is 2. The fraction of sp³-hybridized carbons (Fsp3) is 0.750. The highest BCUT2D eigenvalue weighted by Crippen LogP contribution is 2.66. The van der Waals surface area contributed by atoms with Gasteiger partial charge >= 0.3 is 0 Å². The van der Waals surface area contributed by atoms with Crippen LogP contribution in [0.4, 0.5) is 14.6 Å². The quantitative estimate of drug-likeness (QED) is 0.779. The van der Waals surface area contributed by atoms with Crippen molar-refractivity contribution >= 4 is 15.8 Å². The molecule has 29 heavy (non-hydrogen) atoms. The van der Waals surface area contributed by atoms with Crippen molar-refractivity contribution in [2.45, 2.75) is 45.6 Å². The van der Waals surface area contributed by atoms with E-state index < -0.39 is 28.0 Å². The van der Waals surface area contributed by atoms with E-state index in [0.29, 0.717) is 44.3 Å². The Hall–Kier alpha value is -1.32. The van der Waals surface area contributed by atoms with Gasteiger partial charge in [-0.25, -0.2) is 22.2 Å². The third-order valence-electron chi connectivity index (χ3n) is 7.81. The third kappa shape index (κ3) is 3.35. The highest BCUT2D eigenvalue weighted by atomic mass is 32.2. The maximum atomic E-state index is 13.2. The number of fused-ring (bicyclic) bond motifs is 2. The standard InChI is InChI=1S/C20H29F2N3O3S/c1-19(2)15-5-6-20(19,16(26)11-15)13-29(27,28)25-9-7-24(8-10-25)17-4-3-14(12-23-17)18(21)22/h3-4,12,15-16,18,26H,5-11,13H2,1-2H3/t15-,16?,20+/m1/s1. The molecule has 1 N–H and O–H groups in total. The molecule has 0 radical (unpaired) electrons. The molecule has 2 bridgehead atoms. The first-order valence-corrected chi connectivity index (χ1v) is 11.8. The minimum absolute atomic E-state index is 0.00793. The Morgan fingerprint density at radius 1 is 1.24 bits per heavy atom. The number of hydrogen-bond acceptors (Lipinski definition) is 5. The van der Waals surface area contributed by atoms with Gasteiger partial charge in [-0.15, -0.1) is 0 Å². The Labute approximate surface area is 171 Å². The lowest BCUT2D eigenvalue weighted by molar-refractivity contribution is 0.0145. The normalized spacial score (nSPS) is 32.3. The van der Waals surface area contributed by atoms with Crippen LogP contribution in [0.2, 0.25) is 0 Å². The molecule has 1 saturated heterocycles. The van der Waals surface area contributed by atoms with E-state index in [1.165, 1.54) is 16.6 Å². The zero-order valence-corrected chi connectivity index (χ0v) is 17.7. The molecule has 3 atom stereocenters. The van der Waals surface area contributed by atoms with Crippen LogP contribution in [0, 0.1) is 16.7 Å².